The summed E-state index contributed by atoms with van der Waals surface area (Å²) < 4.78 is 0.762. The Morgan fingerprint density at radius 3 is 2.18 bits per heavy atom. The molecule has 11 heavy (non-hydrogen) atoms. The molecule has 0 aromatic carbocycles. The van der Waals surface area contributed by atoms with Crippen molar-refractivity contribution in [3.05, 3.63) is 0 Å². The maximum Gasteiger partial charge on any atom is 0.0667 e. The van der Waals surface area contributed by atoms with E-state index in [0.29, 0.717) is 0 Å². The van der Waals surface area contributed by atoms with Gasteiger partial charge < -0.3 is 0 Å². The van der Waals surface area contributed by atoms with E-state index >= 15 is 0 Å². The summed E-state index contributed by atoms with van der Waals surface area (Å²) in [7, 11) is 0. The standard InChI is InChI=1S/C9H14S2/c1-2-7-6-8(3-1)9(7)10-4-5-11-9/h7-8H,1-6H2. The maximum atomic E-state index is 2.29. The molecule has 2 bridgehead atoms. The van der Waals surface area contributed by atoms with Crippen LogP contribution in [-0.2, 0) is 0 Å². The van der Waals surface area contributed by atoms with E-state index in [1.54, 1.807) is 6.42 Å². The van der Waals surface area contributed by atoms with Crippen LogP contribution in [0.25, 0.3) is 0 Å². The van der Waals surface area contributed by atoms with E-state index in [9.17, 15) is 0 Å². The minimum Gasteiger partial charge on any atom is -0.143 e. The average Bonchev–Trinajstić information content (AvgIpc) is 2.56. The van der Waals surface area contributed by atoms with Crippen LogP contribution in [-0.4, -0.2) is 15.6 Å². The Morgan fingerprint density at radius 1 is 1.00 bits per heavy atom. The summed E-state index contributed by atoms with van der Waals surface area (Å²) in [4.78, 5) is 0. The topological polar surface area (TPSA) is 0 Å². The Hall–Kier alpha value is 0.700. The molecule has 0 aromatic heterocycles. The third-order valence-corrected chi connectivity index (χ3v) is 7.57. The third-order valence-electron chi connectivity index (χ3n) is 3.55. The van der Waals surface area contributed by atoms with E-state index in [0.717, 1.165) is 15.9 Å². The molecule has 4 rings (SSSR count). The molecule has 2 atom stereocenters. The summed E-state index contributed by atoms with van der Waals surface area (Å²) in [5.74, 6) is 5.08. The Balaban J connectivity index is 1.86. The Labute approximate surface area is 76.9 Å². The highest BCUT2D eigenvalue weighted by Crippen LogP contribution is 2.68. The highest BCUT2D eigenvalue weighted by atomic mass is 32.2. The SMILES string of the molecule is C1CC2CC(C1)C21SCCS1. The molecule has 4 aliphatic rings. The molecule has 62 valence electrons. The van der Waals surface area contributed by atoms with Crippen molar-refractivity contribution in [3.63, 3.8) is 0 Å². The lowest BCUT2D eigenvalue weighted by Gasteiger charge is -2.56. The van der Waals surface area contributed by atoms with Gasteiger partial charge in [0.2, 0.25) is 0 Å². The van der Waals surface area contributed by atoms with Gasteiger partial charge in [-0.05, 0) is 31.1 Å². The van der Waals surface area contributed by atoms with Gasteiger partial charge in [-0.1, -0.05) is 6.42 Å². The van der Waals surface area contributed by atoms with Crippen molar-refractivity contribution in [2.45, 2.75) is 29.8 Å². The van der Waals surface area contributed by atoms with Crippen LogP contribution in [0.3, 0.4) is 0 Å². The number of hydrogen-bond donors (Lipinski definition) is 0. The minimum atomic E-state index is 0.762. The van der Waals surface area contributed by atoms with E-state index in [2.05, 4.69) is 23.5 Å². The molecule has 4 fully saturated rings. The molecule has 0 radical (unpaired) electrons. The predicted octanol–water partition coefficient (Wildman–Crippen LogP) is 2.98. The zero-order valence-corrected chi connectivity index (χ0v) is 8.35. The highest BCUT2D eigenvalue weighted by Gasteiger charge is 2.58. The van der Waals surface area contributed by atoms with Crippen LogP contribution in [0.1, 0.15) is 25.7 Å². The summed E-state index contributed by atoms with van der Waals surface area (Å²) in [6, 6.07) is 0. The van der Waals surface area contributed by atoms with E-state index in [-0.39, 0.29) is 0 Å². The number of thioether (sulfide) groups is 2. The first-order valence-electron chi connectivity index (χ1n) is 4.70. The quantitative estimate of drug-likeness (QED) is 0.570. The average molecular weight is 186 g/mol. The monoisotopic (exact) mass is 186 g/mol. The van der Waals surface area contributed by atoms with Crippen molar-refractivity contribution in [2.75, 3.05) is 11.5 Å². The van der Waals surface area contributed by atoms with Gasteiger partial charge in [0, 0.05) is 11.5 Å². The second-order valence-corrected chi connectivity index (χ2v) is 6.98. The van der Waals surface area contributed by atoms with Crippen LogP contribution in [0.2, 0.25) is 0 Å². The molecule has 0 aromatic rings. The van der Waals surface area contributed by atoms with Gasteiger partial charge in [-0.2, -0.15) is 0 Å². The molecule has 1 aliphatic heterocycles. The molecule has 2 unspecified atom stereocenters. The van der Waals surface area contributed by atoms with Crippen molar-refractivity contribution in [2.24, 2.45) is 11.8 Å². The molecular formula is C9H14S2. The summed E-state index contributed by atoms with van der Waals surface area (Å²) in [6.07, 6.45) is 6.17. The van der Waals surface area contributed by atoms with Gasteiger partial charge in [-0.25, -0.2) is 0 Å². The van der Waals surface area contributed by atoms with Gasteiger partial charge in [0.1, 0.15) is 0 Å². The van der Waals surface area contributed by atoms with E-state index in [4.69, 9.17) is 0 Å². The van der Waals surface area contributed by atoms with E-state index < -0.39 is 0 Å². The smallest absolute Gasteiger partial charge is 0.0667 e. The first-order valence-corrected chi connectivity index (χ1v) is 6.67. The third kappa shape index (κ3) is 0.806. The zero-order valence-electron chi connectivity index (χ0n) is 6.71. The fourth-order valence-corrected chi connectivity index (χ4v) is 6.95. The van der Waals surface area contributed by atoms with Crippen LogP contribution in [0, 0.1) is 11.8 Å². The first kappa shape index (κ1) is 7.14. The number of fused-ring (bicyclic) bond motifs is 2. The normalized spacial score (nSPS) is 45.8. The number of rotatable bonds is 0. The first-order chi connectivity index (χ1) is 5.42. The molecule has 3 aliphatic carbocycles. The van der Waals surface area contributed by atoms with Gasteiger partial charge in [0.15, 0.2) is 0 Å². The van der Waals surface area contributed by atoms with Gasteiger partial charge >= 0.3 is 0 Å². The van der Waals surface area contributed by atoms with Gasteiger partial charge in [-0.15, -0.1) is 23.5 Å². The fourth-order valence-electron chi connectivity index (χ4n) is 3.01. The highest BCUT2D eigenvalue weighted by molar-refractivity contribution is 8.21. The summed E-state index contributed by atoms with van der Waals surface area (Å²) >= 11 is 4.57. The van der Waals surface area contributed by atoms with Gasteiger partial charge in [0.25, 0.3) is 0 Å². The second-order valence-electron chi connectivity index (χ2n) is 3.98. The summed E-state index contributed by atoms with van der Waals surface area (Å²) in [5.41, 5.74) is 0. The summed E-state index contributed by atoms with van der Waals surface area (Å²) in [6.45, 7) is 0. The number of hydrogen-bond acceptors (Lipinski definition) is 2. The molecule has 0 nitrogen and oxygen atoms in total. The molecule has 0 amide bonds. The Morgan fingerprint density at radius 2 is 1.64 bits per heavy atom. The van der Waals surface area contributed by atoms with Crippen LogP contribution < -0.4 is 0 Å². The maximum absolute atomic E-state index is 2.29. The molecule has 0 N–H and O–H groups in total. The minimum absolute atomic E-state index is 0.762. The molecule has 1 saturated heterocycles. The van der Waals surface area contributed by atoms with Crippen molar-refractivity contribution in [1.29, 1.82) is 0 Å². The summed E-state index contributed by atoms with van der Waals surface area (Å²) in [5, 5.41) is 0. The fraction of sp³-hybridized carbons (Fsp3) is 1.00. The van der Waals surface area contributed by atoms with Crippen LogP contribution in [0.5, 0.6) is 0 Å². The van der Waals surface area contributed by atoms with Crippen LogP contribution in [0.4, 0.5) is 0 Å². The predicted molar refractivity (Wildman–Crippen MR) is 53.1 cm³/mol. The van der Waals surface area contributed by atoms with Crippen molar-refractivity contribution in [1.82, 2.24) is 0 Å². The van der Waals surface area contributed by atoms with Crippen LogP contribution >= 0.6 is 23.5 Å². The van der Waals surface area contributed by atoms with E-state index in [1.807, 2.05) is 0 Å². The lowest BCUT2D eigenvalue weighted by Crippen LogP contribution is -2.51. The van der Waals surface area contributed by atoms with Crippen molar-refractivity contribution in [3.8, 4) is 0 Å². The Kier molecular flexibility index (Phi) is 1.52. The van der Waals surface area contributed by atoms with Crippen molar-refractivity contribution < 1.29 is 0 Å². The second kappa shape index (κ2) is 2.35. The largest absolute Gasteiger partial charge is 0.143 e. The van der Waals surface area contributed by atoms with Gasteiger partial charge in [0.05, 0.1) is 4.08 Å². The molecule has 1 heterocycles. The van der Waals surface area contributed by atoms with Gasteiger partial charge in [-0.3, -0.25) is 0 Å². The lowest BCUT2D eigenvalue weighted by atomic mass is 9.64. The molecule has 1 spiro atoms. The zero-order chi connectivity index (χ0) is 7.31. The Bertz CT molecular complexity index is 156. The molecular weight excluding hydrogens is 172 g/mol. The lowest BCUT2D eigenvalue weighted by molar-refractivity contribution is 0.108. The molecule has 3 saturated carbocycles. The van der Waals surface area contributed by atoms with Crippen LogP contribution in [0.15, 0.2) is 0 Å². The van der Waals surface area contributed by atoms with E-state index in [1.165, 1.54) is 30.8 Å². The van der Waals surface area contributed by atoms with Crippen molar-refractivity contribution >= 4 is 23.5 Å². The molecule has 2 heteroatoms.